The summed E-state index contributed by atoms with van der Waals surface area (Å²) < 4.78 is 5.52. The van der Waals surface area contributed by atoms with Crippen LogP contribution in [0, 0.1) is 6.92 Å². The van der Waals surface area contributed by atoms with E-state index >= 15 is 0 Å². The Morgan fingerprint density at radius 2 is 2.14 bits per heavy atom. The zero-order valence-corrected chi connectivity index (χ0v) is 13.3. The lowest BCUT2D eigenvalue weighted by atomic mass is 9.91. The molecule has 1 aromatic carbocycles. The van der Waals surface area contributed by atoms with Crippen LogP contribution in [0.2, 0.25) is 5.02 Å². The van der Waals surface area contributed by atoms with E-state index in [4.69, 9.17) is 16.3 Å². The second kappa shape index (κ2) is 7.14. The number of amides is 1. The van der Waals surface area contributed by atoms with E-state index in [9.17, 15) is 9.90 Å². The number of carbonyl (C=O) groups is 1. The van der Waals surface area contributed by atoms with Gasteiger partial charge in [0.15, 0.2) is 6.61 Å². The second-order valence-corrected chi connectivity index (χ2v) is 6.03. The van der Waals surface area contributed by atoms with Gasteiger partial charge in [-0.3, -0.25) is 4.79 Å². The third kappa shape index (κ3) is 4.11. The molecule has 1 aromatic rings. The van der Waals surface area contributed by atoms with Crippen molar-refractivity contribution in [2.45, 2.75) is 44.8 Å². The molecule has 1 aliphatic carbocycles. The number of hydrogen-bond acceptors (Lipinski definition) is 3. The average molecular weight is 312 g/mol. The quantitative estimate of drug-likeness (QED) is 0.930. The Labute approximate surface area is 130 Å². The summed E-state index contributed by atoms with van der Waals surface area (Å²) in [6, 6.07) is 5.22. The zero-order valence-electron chi connectivity index (χ0n) is 12.5. The molecule has 1 aliphatic rings. The Morgan fingerprint density at radius 3 is 2.81 bits per heavy atom. The summed E-state index contributed by atoms with van der Waals surface area (Å²) in [6.07, 6.45) is 3.27. The molecule has 2 unspecified atom stereocenters. The highest BCUT2D eigenvalue weighted by molar-refractivity contribution is 6.31. The van der Waals surface area contributed by atoms with Crippen molar-refractivity contribution in [1.29, 1.82) is 0 Å². The molecule has 1 amide bonds. The predicted molar refractivity (Wildman–Crippen MR) is 82.7 cm³/mol. The van der Waals surface area contributed by atoms with Crippen molar-refractivity contribution in [3.8, 4) is 5.75 Å². The van der Waals surface area contributed by atoms with Gasteiger partial charge in [0.1, 0.15) is 5.75 Å². The Hall–Kier alpha value is -1.26. The van der Waals surface area contributed by atoms with Gasteiger partial charge in [0.25, 0.3) is 5.91 Å². The van der Waals surface area contributed by atoms with Crippen LogP contribution in [-0.2, 0) is 4.79 Å². The highest BCUT2D eigenvalue weighted by atomic mass is 35.5. The fourth-order valence-corrected chi connectivity index (χ4v) is 2.80. The monoisotopic (exact) mass is 311 g/mol. The van der Waals surface area contributed by atoms with E-state index in [1.54, 1.807) is 24.1 Å². The third-order valence-corrected chi connectivity index (χ3v) is 4.50. The normalized spacial score (nSPS) is 21.9. The van der Waals surface area contributed by atoms with Gasteiger partial charge in [0.05, 0.1) is 12.1 Å². The summed E-state index contributed by atoms with van der Waals surface area (Å²) in [6.45, 7) is 1.86. The lowest BCUT2D eigenvalue weighted by Crippen LogP contribution is -2.47. The van der Waals surface area contributed by atoms with Gasteiger partial charge < -0.3 is 14.7 Å². The SMILES string of the molecule is Cc1cc(OCC(=O)N(C)C2CCCCC2O)ccc1Cl. The minimum Gasteiger partial charge on any atom is -0.484 e. The fourth-order valence-electron chi connectivity index (χ4n) is 2.68. The lowest BCUT2D eigenvalue weighted by molar-refractivity contribution is -0.137. The number of nitrogens with zero attached hydrogens (tertiary/aromatic N) is 1. The molecule has 0 radical (unpaired) electrons. The molecule has 0 bridgehead atoms. The molecule has 0 saturated heterocycles. The molecule has 116 valence electrons. The van der Waals surface area contributed by atoms with Crippen molar-refractivity contribution in [1.82, 2.24) is 4.90 Å². The number of ether oxygens (including phenoxy) is 1. The van der Waals surface area contributed by atoms with Crippen LogP contribution in [0.25, 0.3) is 0 Å². The highest BCUT2D eigenvalue weighted by Gasteiger charge is 2.29. The maximum atomic E-state index is 12.2. The van der Waals surface area contributed by atoms with Crippen LogP contribution in [-0.4, -0.2) is 41.7 Å². The molecule has 0 spiro atoms. The van der Waals surface area contributed by atoms with Gasteiger partial charge in [0.2, 0.25) is 0 Å². The van der Waals surface area contributed by atoms with Gasteiger partial charge in [-0.1, -0.05) is 24.4 Å². The molecular weight excluding hydrogens is 290 g/mol. The zero-order chi connectivity index (χ0) is 15.4. The van der Waals surface area contributed by atoms with E-state index in [1.807, 2.05) is 13.0 Å². The lowest BCUT2D eigenvalue weighted by Gasteiger charge is -2.35. The van der Waals surface area contributed by atoms with E-state index in [0.717, 1.165) is 31.2 Å². The highest BCUT2D eigenvalue weighted by Crippen LogP contribution is 2.23. The first kappa shape index (κ1) is 16.1. The predicted octanol–water partition coefficient (Wildman–Crippen LogP) is 2.79. The van der Waals surface area contributed by atoms with Gasteiger partial charge in [0, 0.05) is 12.1 Å². The molecule has 2 rings (SSSR count). The number of carbonyl (C=O) groups excluding carboxylic acids is 1. The Morgan fingerprint density at radius 1 is 1.43 bits per heavy atom. The first-order chi connectivity index (χ1) is 9.99. The minimum absolute atomic E-state index is 0.0270. The van der Waals surface area contributed by atoms with E-state index < -0.39 is 6.10 Å². The van der Waals surface area contributed by atoms with Crippen LogP contribution in [0.4, 0.5) is 0 Å². The third-order valence-electron chi connectivity index (χ3n) is 4.08. The number of aliphatic hydroxyl groups excluding tert-OH is 1. The number of aliphatic hydroxyl groups is 1. The van der Waals surface area contributed by atoms with Crippen molar-refractivity contribution >= 4 is 17.5 Å². The number of benzene rings is 1. The van der Waals surface area contributed by atoms with E-state index in [-0.39, 0.29) is 18.6 Å². The first-order valence-electron chi connectivity index (χ1n) is 7.31. The Balaban J connectivity index is 1.89. The van der Waals surface area contributed by atoms with Crippen molar-refractivity contribution in [2.75, 3.05) is 13.7 Å². The molecule has 1 N–H and O–H groups in total. The first-order valence-corrected chi connectivity index (χ1v) is 7.69. The van der Waals surface area contributed by atoms with Crippen LogP contribution < -0.4 is 4.74 Å². The molecule has 1 fully saturated rings. The minimum atomic E-state index is -0.425. The maximum Gasteiger partial charge on any atom is 0.260 e. The largest absolute Gasteiger partial charge is 0.484 e. The van der Waals surface area contributed by atoms with Gasteiger partial charge in [-0.15, -0.1) is 0 Å². The van der Waals surface area contributed by atoms with E-state index in [0.29, 0.717) is 10.8 Å². The molecule has 5 heteroatoms. The number of aryl methyl sites for hydroxylation is 1. The molecule has 4 nitrogen and oxygen atoms in total. The van der Waals surface area contributed by atoms with Crippen LogP contribution in [0.3, 0.4) is 0 Å². The number of hydrogen-bond donors (Lipinski definition) is 1. The molecule has 0 aromatic heterocycles. The fraction of sp³-hybridized carbons (Fsp3) is 0.562. The summed E-state index contributed by atoms with van der Waals surface area (Å²) in [7, 11) is 1.73. The van der Waals surface area contributed by atoms with Crippen molar-refractivity contribution in [2.24, 2.45) is 0 Å². The van der Waals surface area contributed by atoms with Crippen LogP contribution >= 0.6 is 11.6 Å². The van der Waals surface area contributed by atoms with Crippen LogP contribution in [0.15, 0.2) is 18.2 Å². The maximum absolute atomic E-state index is 12.2. The summed E-state index contributed by atoms with van der Waals surface area (Å²) in [4.78, 5) is 13.8. The number of halogens is 1. The number of rotatable bonds is 4. The molecule has 0 aliphatic heterocycles. The van der Waals surface area contributed by atoms with E-state index in [1.165, 1.54) is 0 Å². The Kier molecular flexibility index (Phi) is 5.48. The topological polar surface area (TPSA) is 49.8 Å². The molecule has 0 heterocycles. The van der Waals surface area contributed by atoms with Crippen LogP contribution in [0.1, 0.15) is 31.2 Å². The molecule has 1 saturated carbocycles. The average Bonchev–Trinajstić information content (AvgIpc) is 2.48. The number of likely N-dealkylation sites (N-methyl/N-ethyl adjacent to an activating group) is 1. The standard InChI is InChI=1S/C16H22ClNO3/c1-11-9-12(7-8-13(11)17)21-10-16(20)18(2)14-5-3-4-6-15(14)19/h7-9,14-15,19H,3-6,10H2,1-2H3. The van der Waals surface area contributed by atoms with Gasteiger partial charge in [-0.2, -0.15) is 0 Å². The molecule has 21 heavy (non-hydrogen) atoms. The van der Waals surface area contributed by atoms with Crippen molar-refractivity contribution in [3.05, 3.63) is 28.8 Å². The summed E-state index contributed by atoms with van der Waals surface area (Å²) in [5.74, 6) is 0.511. The summed E-state index contributed by atoms with van der Waals surface area (Å²) >= 11 is 5.95. The molecular formula is C16H22ClNO3. The van der Waals surface area contributed by atoms with Gasteiger partial charge in [-0.05, 0) is 43.5 Å². The molecule has 2 atom stereocenters. The second-order valence-electron chi connectivity index (χ2n) is 5.62. The van der Waals surface area contributed by atoms with Gasteiger partial charge >= 0.3 is 0 Å². The van der Waals surface area contributed by atoms with Gasteiger partial charge in [-0.25, -0.2) is 0 Å². The van der Waals surface area contributed by atoms with Crippen molar-refractivity contribution in [3.63, 3.8) is 0 Å². The van der Waals surface area contributed by atoms with Crippen molar-refractivity contribution < 1.29 is 14.6 Å². The van der Waals surface area contributed by atoms with E-state index in [2.05, 4.69) is 0 Å². The Bertz CT molecular complexity index is 506. The smallest absolute Gasteiger partial charge is 0.260 e. The summed E-state index contributed by atoms with van der Waals surface area (Å²) in [5.41, 5.74) is 0.915. The van der Waals surface area contributed by atoms with Crippen LogP contribution in [0.5, 0.6) is 5.75 Å². The summed E-state index contributed by atoms with van der Waals surface area (Å²) in [5, 5.41) is 10.7.